The van der Waals surface area contributed by atoms with Crippen LogP contribution in [0.1, 0.15) is 56.2 Å². The van der Waals surface area contributed by atoms with Crippen molar-refractivity contribution in [2.24, 2.45) is 0 Å². The summed E-state index contributed by atoms with van der Waals surface area (Å²) in [6, 6.07) is 28.8. The van der Waals surface area contributed by atoms with Crippen LogP contribution in [0.25, 0.3) is 5.69 Å². The molecule has 2 aromatic heterocycles. The quantitative estimate of drug-likeness (QED) is 0.188. The Morgan fingerprint density at radius 3 is 2.26 bits per heavy atom. The number of rotatable bonds is 7. The Labute approximate surface area is 256 Å². The zero-order valence-corrected chi connectivity index (χ0v) is 25.2. The van der Waals surface area contributed by atoms with Gasteiger partial charge in [-0.15, -0.1) is 0 Å². The maximum absolute atomic E-state index is 11.8. The molecule has 0 bridgehead atoms. The number of nitrogens with one attached hydrogen (secondary N) is 1. The highest BCUT2D eigenvalue weighted by Gasteiger charge is 2.42. The number of hydrogen-bond donors (Lipinski definition) is 2. The van der Waals surface area contributed by atoms with Crippen molar-refractivity contribution in [1.82, 2.24) is 14.9 Å². The summed E-state index contributed by atoms with van der Waals surface area (Å²) in [6.07, 6.45) is 1.79. The summed E-state index contributed by atoms with van der Waals surface area (Å²) in [4.78, 5) is 18.6. The van der Waals surface area contributed by atoms with E-state index in [-0.39, 0.29) is 17.6 Å². The van der Waals surface area contributed by atoms with Crippen LogP contribution in [0.4, 0.5) is 5.69 Å². The van der Waals surface area contributed by atoms with Crippen LogP contribution in [0.15, 0.2) is 97.2 Å². The maximum atomic E-state index is 11.8. The molecule has 8 heteroatoms. The summed E-state index contributed by atoms with van der Waals surface area (Å²) in [5.41, 5.74) is 8.13. The van der Waals surface area contributed by atoms with Gasteiger partial charge in [0.1, 0.15) is 11.5 Å². The van der Waals surface area contributed by atoms with E-state index in [0.29, 0.717) is 5.11 Å². The van der Waals surface area contributed by atoms with Crippen LogP contribution >= 0.6 is 12.2 Å². The smallest absolute Gasteiger partial charge is 0.335 e. The monoisotopic (exact) mass is 588 g/mol. The van der Waals surface area contributed by atoms with Crippen LogP contribution in [0.3, 0.4) is 0 Å². The van der Waals surface area contributed by atoms with E-state index >= 15 is 0 Å². The topological polar surface area (TPSA) is 79.6 Å². The highest BCUT2D eigenvalue weighted by Crippen LogP contribution is 2.44. The molecule has 1 fully saturated rings. The third-order valence-corrected chi connectivity index (χ3v) is 8.27. The Bertz CT molecular complexity index is 1820. The largest absolute Gasteiger partial charge is 0.478 e. The standard InChI is InChI=1S/C35H32N4O3S/c1-21-8-14-27(15-9-21)42-28-16-12-26(13-17-28)39-33(32(37-35(39)43)30-7-5-6-18-36-30)29-19-23(3)38(24(29)4)31-20-25(34(40)41)11-10-22(31)2/h5-20,32-33H,1-4H3,(H,37,43)(H,40,41)/t32-,33-/m1/s1. The number of hydrogen-bond acceptors (Lipinski definition) is 4. The average Bonchev–Trinajstić information content (AvgIpc) is 3.50. The molecule has 3 aromatic carbocycles. The lowest BCUT2D eigenvalue weighted by Crippen LogP contribution is -2.29. The molecule has 0 amide bonds. The first kappa shape index (κ1) is 28.2. The van der Waals surface area contributed by atoms with Gasteiger partial charge in [-0.05, 0) is 118 Å². The number of nitrogens with zero attached hydrogens (tertiary/aromatic N) is 3. The van der Waals surface area contributed by atoms with Crippen LogP contribution in [0, 0.1) is 27.7 Å². The fraction of sp³-hybridized carbons (Fsp3) is 0.171. The Balaban J connectivity index is 1.43. The molecule has 0 aliphatic carbocycles. The van der Waals surface area contributed by atoms with Crippen molar-refractivity contribution in [1.29, 1.82) is 0 Å². The fourth-order valence-electron chi connectivity index (χ4n) is 5.81. The minimum Gasteiger partial charge on any atom is -0.478 e. The summed E-state index contributed by atoms with van der Waals surface area (Å²) in [5.74, 6) is 0.556. The van der Waals surface area contributed by atoms with Gasteiger partial charge in [-0.3, -0.25) is 4.98 Å². The van der Waals surface area contributed by atoms with E-state index < -0.39 is 5.97 Å². The number of ether oxygens (including phenoxy) is 1. The third kappa shape index (κ3) is 5.37. The lowest BCUT2D eigenvalue weighted by Gasteiger charge is -2.28. The number of carboxylic acids is 1. The second-order valence-electron chi connectivity index (χ2n) is 10.9. The number of pyridine rings is 1. The first-order chi connectivity index (χ1) is 20.7. The predicted molar refractivity (Wildman–Crippen MR) is 173 cm³/mol. The van der Waals surface area contributed by atoms with Gasteiger partial charge in [0.05, 0.1) is 23.3 Å². The predicted octanol–water partition coefficient (Wildman–Crippen LogP) is 7.77. The highest BCUT2D eigenvalue weighted by molar-refractivity contribution is 7.80. The average molecular weight is 589 g/mol. The molecular formula is C35H32N4O3S. The molecule has 43 heavy (non-hydrogen) atoms. The lowest BCUT2D eigenvalue weighted by molar-refractivity contribution is 0.0697. The summed E-state index contributed by atoms with van der Waals surface area (Å²) in [7, 11) is 0. The van der Waals surface area contributed by atoms with Crippen molar-refractivity contribution in [2.45, 2.75) is 39.8 Å². The van der Waals surface area contributed by atoms with Gasteiger partial charge in [-0.25, -0.2) is 4.79 Å². The molecule has 1 aliphatic rings. The number of aromatic nitrogens is 2. The van der Waals surface area contributed by atoms with E-state index in [1.54, 1.807) is 18.3 Å². The molecule has 0 radical (unpaired) electrons. The number of aromatic carboxylic acids is 1. The number of aryl methyl sites for hydroxylation is 3. The molecule has 6 rings (SSSR count). The Hall–Kier alpha value is -4.95. The Morgan fingerprint density at radius 2 is 1.60 bits per heavy atom. The maximum Gasteiger partial charge on any atom is 0.335 e. The van der Waals surface area contributed by atoms with E-state index in [4.69, 9.17) is 17.0 Å². The van der Waals surface area contributed by atoms with Crippen molar-refractivity contribution >= 4 is 29.0 Å². The zero-order chi connectivity index (χ0) is 30.2. The second kappa shape index (κ2) is 11.4. The molecule has 2 atom stereocenters. The van der Waals surface area contributed by atoms with E-state index in [1.165, 1.54) is 5.56 Å². The SMILES string of the molecule is Cc1ccc(Oc2ccc(N3C(=S)N[C@H](c4ccccn4)[C@H]3c3cc(C)n(-c4cc(C(=O)O)ccc4C)c3C)cc2)cc1. The van der Waals surface area contributed by atoms with Crippen LogP contribution in [0.5, 0.6) is 11.5 Å². The summed E-state index contributed by atoms with van der Waals surface area (Å²) in [6.45, 7) is 8.16. The first-order valence-electron chi connectivity index (χ1n) is 14.1. The van der Waals surface area contributed by atoms with Gasteiger partial charge >= 0.3 is 5.97 Å². The van der Waals surface area contributed by atoms with Crippen LogP contribution in [-0.2, 0) is 0 Å². The van der Waals surface area contributed by atoms with Crippen molar-refractivity contribution in [3.63, 3.8) is 0 Å². The van der Waals surface area contributed by atoms with E-state index in [1.807, 2.05) is 93.6 Å². The lowest BCUT2D eigenvalue weighted by atomic mass is 9.96. The highest BCUT2D eigenvalue weighted by atomic mass is 32.1. The number of anilines is 1. The van der Waals surface area contributed by atoms with Crippen LogP contribution < -0.4 is 15.0 Å². The van der Waals surface area contributed by atoms with Crippen LogP contribution in [0.2, 0.25) is 0 Å². The van der Waals surface area contributed by atoms with Gasteiger partial charge in [0.15, 0.2) is 5.11 Å². The van der Waals surface area contributed by atoms with Crippen molar-refractivity contribution in [3.8, 4) is 17.2 Å². The summed E-state index contributed by atoms with van der Waals surface area (Å²) in [5, 5.41) is 13.8. The second-order valence-corrected chi connectivity index (χ2v) is 11.3. The molecule has 1 aliphatic heterocycles. The molecule has 0 saturated carbocycles. The van der Waals surface area contributed by atoms with Gasteiger partial charge in [0.2, 0.25) is 0 Å². The zero-order valence-electron chi connectivity index (χ0n) is 24.4. The molecule has 2 N–H and O–H groups in total. The van der Waals surface area contributed by atoms with E-state index in [2.05, 4.69) is 32.8 Å². The molecule has 0 unspecified atom stereocenters. The number of thiocarbonyl (C=S) groups is 1. The van der Waals surface area contributed by atoms with Crippen molar-refractivity contribution in [3.05, 3.63) is 137 Å². The fourth-order valence-corrected chi connectivity index (χ4v) is 6.15. The number of benzene rings is 3. The Morgan fingerprint density at radius 1 is 0.907 bits per heavy atom. The normalized spacial score (nSPS) is 16.3. The minimum atomic E-state index is -0.953. The minimum absolute atomic E-state index is 0.211. The van der Waals surface area contributed by atoms with Gasteiger partial charge in [-0.1, -0.05) is 29.8 Å². The summed E-state index contributed by atoms with van der Waals surface area (Å²) < 4.78 is 8.21. The van der Waals surface area contributed by atoms with Crippen molar-refractivity contribution < 1.29 is 14.6 Å². The number of carboxylic acid groups (broad SMARTS) is 1. The number of carbonyl (C=O) groups is 1. The van der Waals surface area contributed by atoms with E-state index in [9.17, 15) is 9.90 Å². The van der Waals surface area contributed by atoms with Gasteiger partial charge < -0.3 is 24.6 Å². The first-order valence-corrected chi connectivity index (χ1v) is 14.5. The molecule has 1 saturated heterocycles. The Kier molecular flexibility index (Phi) is 7.46. The molecule has 216 valence electrons. The van der Waals surface area contributed by atoms with E-state index in [0.717, 1.165) is 51.1 Å². The molecule has 5 aromatic rings. The molecule has 7 nitrogen and oxygen atoms in total. The third-order valence-electron chi connectivity index (χ3n) is 7.96. The summed E-state index contributed by atoms with van der Waals surface area (Å²) >= 11 is 5.95. The molecular weight excluding hydrogens is 556 g/mol. The van der Waals surface area contributed by atoms with Gasteiger partial charge in [0, 0.05) is 29.0 Å². The van der Waals surface area contributed by atoms with Gasteiger partial charge in [0.25, 0.3) is 0 Å². The van der Waals surface area contributed by atoms with Gasteiger partial charge in [-0.2, -0.15) is 0 Å². The van der Waals surface area contributed by atoms with Crippen molar-refractivity contribution in [2.75, 3.05) is 4.90 Å². The van der Waals surface area contributed by atoms with Crippen LogP contribution in [-0.4, -0.2) is 25.7 Å². The molecule has 3 heterocycles. The molecule has 0 spiro atoms.